The lowest BCUT2D eigenvalue weighted by Crippen LogP contribution is -2.51. The maximum absolute atomic E-state index is 5.63. The van der Waals surface area contributed by atoms with E-state index in [2.05, 4.69) is 6.58 Å². The van der Waals surface area contributed by atoms with Crippen molar-refractivity contribution in [3.05, 3.63) is 12.2 Å². The molecule has 0 fully saturated rings. The summed E-state index contributed by atoms with van der Waals surface area (Å²) in [6.07, 6.45) is 0.384. The fourth-order valence-corrected chi connectivity index (χ4v) is 3.43. The van der Waals surface area contributed by atoms with E-state index in [0.717, 1.165) is 5.57 Å². The molecule has 5 heteroatoms. The van der Waals surface area contributed by atoms with E-state index in [0.29, 0.717) is 32.7 Å². The molecule has 0 aliphatic rings. The Balaban J connectivity index is 4.28. The van der Waals surface area contributed by atoms with Crippen molar-refractivity contribution in [3.63, 3.8) is 0 Å². The minimum absolute atomic E-state index is 0.384. The molecule has 96 valence electrons. The maximum Gasteiger partial charge on any atom is 0.528 e. The molecule has 16 heavy (non-hydrogen) atoms. The van der Waals surface area contributed by atoms with Crippen LogP contribution in [0.1, 0.15) is 27.7 Å². The Morgan fingerprint density at radius 3 is 1.75 bits per heavy atom. The Labute approximate surface area is 99.9 Å². The van der Waals surface area contributed by atoms with Gasteiger partial charge in [-0.25, -0.2) is 0 Å². The van der Waals surface area contributed by atoms with Gasteiger partial charge < -0.3 is 18.0 Å². The van der Waals surface area contributed by atoms with Crippen molar-refractivity contribution in [1.29, 1.82) is 0 Å². The van der Waals surface area contributed by atoms with Crippen LogP contribution in [0.2, 0.25) is 0 Å². The van der Waals surface area contributed by atoms with Crippen molar-refractivity contribution in [2.45, 2.75) is 27.7 Å². The van der Waals surface area contributed by atoms with Crippen molar-refractivity contribution >= 4 is 8.80 Å². The number of ether oxygens (including phenoxy) is 1. The third-order valence-electron chi connectivity index (χ3n) is 1.72. The van der Waals surface area contributed by atoms with Crippen LogP contribution in [0.25, 0.3) is 0 Å². The molecular weight excluding hydrogens is 224 g/mol. The van der Waals surface area contributed by atoms with Gasteiger partial charge in [-0.05, 0) is 27.7 Å². The number of hydrogen-bond acceptors (Lipinski definition) is 4. The summed E-state index contributed by atoms with van der Waals surface area (Å²) >= 11 is 0. The second-order valence-corrected chi connectivity index (χ2v) is 5.95. The molecule has 0 aromatic heterocycles. The summed E-state index contributed by atoms with van der Waals surface area (Å²) in [5.41, 5.74) is 0.979. The zero-order valence-electron chi connectivity index (χ0n) is 10.9. The van der Waals surface area contributed by atoms with Crippen LogP contribution < -0.4 is 0 Å². The molecule has 0 heterocycles. The highest BCUT2D eigenvalue weighted by Crippen LogP contribution is 2.11. The van der Waals surface area contributed by atoms with Gasteiger partial charge in [0, 0.05) is 19.8 Å². The van der Waals surface area contributed by atoms with E-state index in [1.54, 1.807) is 0 Å². The minimum atomic E-state index is -2.63. The molecule has 0 radical (unpaired) electrons. The molecule has 0 atom stereocenters. The lowest BCUT2D eigenvalue weighted by molar-refractivity contribution is 0.0345. The van der Waals surface area contributed by atoms with E-state index in [1.807, 2.05) is 27.7 Å². The standard InChI is InChI=1S/C11H24O4Si/c1-6-13-16(14-7-2,15-8-3)10-12-9-11(4)5/h4,6-10H2,1-3,5H3. The van der Waals surface area contributed by atoms with Crippen LogP contribution in [0.4, 0.5) is 0 Å². The van der Waals surface area contributed by atoms with E-state index in [4.69, 9.17) is 18.0 Å². The summed E-state index contributed by atoms with van der Waals surface area (Å²) in [5.74, 6) is 0. The summed E-state index contributed by atoms with van der Waals surface area (Å²) in [7, 11) is -2.63. The van der Waals surface area contributed by atoms with Crippen LogP contribution >= 0.6 is 0 Å². The lowest BCUT2D eigenvalue weighted by atomic mass is 10.4. The second kappa shape index (κ2) is 8.89. The van der Waals surface area contributed by atoms with E-state index in [9.17, 15) is 0 Å². The second-order valence-electron chi connectivity index (χ2n) is 3.43. The molecule has 0 saturated heterocycles. The quantitative estimate of drug-likeness (QED) is 0.438. The average Bonchev–Trinajstić information content (AvgIpc) is 2.18. The smallest absolute Gasteiger partial charge is 0.373 e. The van der Waals surface area contributed by atoms with Crippen molar-refractivity contribution in [2.75, 3.05) is 32.7 Å². The Bertz CT molecular complexity index is 179. The van der Waals surface area contributed by atoms with Crippen LogP contribution in [-0.2, 0) is 18.0 Å². The van der Waals surface area contributed by atoms with Gasteiger partial charge in [-0.2, -0.15) is 0 Å². The Hall–Kier alpha value is -0.203. The van der Waals surface area contributed by atoms with Gasteiger partial charge in [-0.3, -0.25) is 0 Å². The van der Waals surface area contributed by atoms with Crippen LogP contribution in [0.3, 0.4) is 0 Å². The van der Waals surface area contributed by atoms with Crippen molar-refractivity contribution in [3.8, 4) is 0 Å². The van der Waals surface area contributed by atoms with Crippen molar-refractivity contribution in [2.24, 2.45) is 0 Å². The lowest BCUT2D eigenvalue weighted by Gasteiger charge is -2.28. The molecule has 0 bridgehead atoms. The van der Waals surface area contributed by atoms with Gasteiger partial charge >= 0.3 is 8.80 Å². The Morgan fingerprint density at radius 1 is 1.00 bits per heavy atom. The van der Waals surface area contributed by atoms with Gasteiger partial charge in [0.15, 0.2) is 0 Å². The zero-order chi connectivity index (χ0) is 12.4. The van der Waals surface area contributed by atoms with Crippen LogP contribution in [0, 0.1) is 0 Å². The highest BCUT2D eigenvalue weighted by Gasteiger charge is 2.41. The van der Waals surface area contributed by atoms with Gasteiger partial charge in [0.2, 0.25) is 0 Å². The first-order valence-electron chi connectivity index (χ1n) is 5.74. The SMILES string of the molecule is C=C(C)COC[Si](OCC)(OCC)OCC. The van der Waals surface area contributed by atoms with E-state index < -0.39 is 8.80 Å². The molecule has 0 aliphatic heterocycles. The fourth-order valence-electron chi connectivity index (χ4n) is 1.26. The molecule has 0 aliphatic carbocycles. The van der Waals surface area contributed by atoms with Crippen molar-refractivity contribution < 1.29 is 18.0 Å². The molecule has 0 N–H and O–H groups in total. The first-order chi connectivity index (χ1) is 7.60. The Morgan fingerprint density at radius 2 is 1.44 bits per heavy atom. The van der Waals surface area contributed by atoms with Crippen LogP contribution in [-0.4, -0.2) is 41.5 Å². The van der Waals surface area contributed by atoms with Crippen molar-refractivity contribution in [1.82, 2.24) is 0 Å². The highest BCUT2D eigenvalue weighted by atomic mass is 28.4. The Kier molecular flexibility index (Phi) is 8.78. The molecule has 0 spiro atoms. The molecule has 0 saturated carbocycles. The average molecular weight is 248 g/mol. The van der Waals surface area contributed by atoms with Gasteiger partial charge in [-0.15, -0.1) is 0 Å². The largest absolute Gasteiger partial charge is 0.528 e. The van der Waals surface area contributed by atoms with Gasteiger partial charge in [0.05, 0.1) is 6.61 Å². The molecule has 0 rings (SSSR count). The minimum Gasteiger partial charge on any atom is -0.373 e. The van der Waals surface area contributed by atoms with Gasteiger partial charge in [0.25, 0.3) is 0 Å². The zero-order valence-corrected chi connectivity index (χ0v) is 11.9. The fraction of sp³-hybridized carbons (Fsp3) is 0.818. The number of hydrogen-bond donors (Lipinski definition) is 0. The molecule has 0 amide bonds. The topological polar surface area (TPSA) is 36.9 Å². The molecule has 4 nitrogen and oxygen atoms in total. The van der Waals surface area contributed by atoms with Crippen LogP contribution in [0.5, 0.6) is 0 Å². The maximum atomic E-state index is 5.63. The predicted molar refractivity (Wildman–Crippen MR) is 66.3 cm³/mol. The summed E-state index contributed by atoms with van der Waals surface area (Å²) in [6, 6.07) is 0. The third kappa shape index (κ3) is 6.39. The summed E-state index contributed by atoms with van der Waals surface area (Å²) in [5, 5.41) is 0. The normalized spacial score (nSPS) is 11.8. The van der Waals surface area contributed by atoms with E-state index in [-0.39, 0.29) is 0 Å². The molecule has 0 aromatic carbocycles. The summed E-state index contributed by atoms with van der Waals surface area (Å²) in [6.45, 7) is 13.7. The van der Waals surface area contributed by atoms with E-state index >= 15 is 0 Å². The molecular formula is C11H24O4Si. The summed E-state index contributed by atoms with van der Waals surface area (Å²) in [4.78, 5) is 0. The third-order valence-corrected chi connectivity index (χ3v) is 4.46. The summed E-state index contributed by atoms with van der Waals surface area (Å²) < 4.78 is 22.4. The van der Waals surface area contributed by atoms with E-state index in [1.165, 1.54) is 0 Å². The highest BCUT2D eigenvalue weighted by molar-refractivity contribution is 6.60. The van der Waals surface area contributed by atoms with Crippen LogP contribution in [0.15, 0.2) is 12.2 Å². The first kappa shape index (κ1) is 15.8. The number of rotatable bonds is 10. The van der Waals surface area contributed by atoms with Gasteiger partial charge in [-0.1, -0.05) is 12.2 Å². The monoisotopic (exact) mass is 248 g/mol. The molecule has 0 aromatic rings. The predicted octanol–water partition coefficient (Wildman–Crippen LogP) is 2.17. The molecule has 0 unspecified atom stereocenters. The first-order valence-corrected chi connectivity index (χ1v) is 7.67. The van der Waals surface area contributed by atoms with Gasteiger partial charge in [0.1, 0.15) is 6.23 Å².